The number of carboxylic acid groups (broad SMARTS) is 1. The molecule has 0 aliphatic rings. The smallest absolute Gasteiger partial charge is 0.326 e. The van der Waals surface area contributed by atoms with Gasteiger partial charge in [0.1, 0.15) is 18.1 Å². The normalized spacial score (nSPS) is 15.4. The molecule has 0 saturated heterocycles. The van der Waals surface area contributed by atoms with Gasteiger partial charge in [0.15, 0.2) is 0 Å². The van der Waals surface area contributed by atoms with Gasteiger partial charge in [-0.3, -0.25) is 19.2 Å². The van der Waals surface area contributed by atoms with E-state index < -0.39 is 53.8 Å². The van der Waals surface area contributed by atoms with Crippen LogP contribution in [0.2, 0.25) is 0 Å². The van der Waals surface area contributed by atoms with Crippen molar-refractivity contribution in [2.24, 2.45) is 17.4 Å². The van der Waals surface area contributed by atoms with E-state index in [-0.39, 0.29) is 25.2 Å². The minimum Gasteiger partial charge on any atom is -0.480 e. The van der Waals surface area contributed by atoms with Crippen LogP contribution in [0.3, 0.4) is 0 Å². The summed E-state index contributed by atoms with van der Waals surface area (Å²) < 4.78 is 0. The Hall–Kier alpha value is -3.48. The van der Waals surface area contributed by atoms with Gasteiger partial charge >= 0.3 is 5.97 Å². The van der Waals surface area contributed by atoms with Crippen molar-refractivity contribution in [2.45, 2.75) is 70.6 Å². The molecule has 0 saturated carbocycles. The number of aromatic amines is 1. The Labute approximate surface area is 191 Å². The van der Waals surface area contributed by atoms with Crippen molar-refractivity contribution in [3.05, 3.63) is 18.2 Å². The first kappa shape index (κ1) is 27.6. The summed E-state index contributed by atoms with van der Waals surface area (Å²) in [6.07, 6.45) is 3.32. The van der Waals surface area contributed by atoms with Crippen LogP contribution in [-0.2, 0) is 30.4 Å². The van der Waals surface area contributed by atoms with E-state index >= 15 is 0 Å². The lowest BCUT2D eigenvalue weighted by atomic mass is 9.97. The van der Waals surface area contributed by atoms with Gasteiger partial charge in [-0.1, -0.05) is 20.3 Å². The maximum atomic E-state index is 12.8. The fraction of sp³-hybridized carbons (Fsp3) is 0.600. The van der Waals surface area contributed by atoms with Gasteiger partial charge in [-0.2, -0.15) is 0 Å². The van der Waals surface area contributed by atoms with Crippen LogP contribution in [0.25, 0.3) is 0 Å². The molecule has 13 heteroatoms. The third-order valence-electron chi connectivity index (χ3n) is 5.18. The molecule has 1 rings (SSSR count). The summed E-state index contributed by atoms with van der Waals surface area (Å²) >= 11 is 0. The van der Waals surface area contributed by atoms with Gasteiger partial charge < -0.3 is 37.5 Å². The Bertz CT molecular complexity index is 829. The van der Waals surface area contributed by atoms with Gasteiger partial charge in [0.2, 0.25) is 23.6 Å². The molecule has 0 aromatic carbocycles. The van der Waals surface area contributed by atoms with Crippen LogP contribution in [0.15, 0.2) is 12.5 Å². The van der Waals surface area contributed by atoms with Crippen molar-refractivity contribution in [1.29, 1.82) is 0 Å². The summed E-state index contributed by atoms with van der Waals surface area (Å²) in [7, 11) is 0. The summed E-state index contributed by atoms with van der Waals surface area (Å²) in [6.45, 7) is 4.97. The number of hydrogen-bond acceptors (Lipinski definition) is 7. The summed E-state index contributed by atoms with van der Waals surface area (Å²) in [5.74, 6) is -4.09. The van der Waals surface area contributed by atoms with E-state index in [0.29, 0.717) is 12.1 Å². The maximum Gasteiger partial charge on any atom is 0.326 e. The predicted octanol–water partition coefficient (Wildman–Crippen LogP) is -1.85. The number of nitrogens with two attached hydrogens (primary N) is 2. The number of rotatable bonds is 14. The molecule has 9 N–H and O–H groups in total. The highest BCUT2D eigenvalue weighted by Gasteiger charge is 2.31. The minimum atomic E-state index is -1.24. The average molecular weight is 468 g/mol. The van der Waals surface area contributed by atoms with E-state index in [0.717, 1.165) is 0 Å². The first-order valence-electron chi connectivity index (χ1n) is 10.6. The van der Waals surface area contributed by atoms with Crippen LogP contribution >= 0.6 is 0 Å². The minimum absolute atomic E-state index is 0.0174. The number of carbonyl (C=O) groups excluding carboxylic acids is 4. The second-order valence-corrected chi connectivity index (χ2v) is 7.89. The van der Waals surface area contributed by atoms with E-state index in [9.17, 15) is 29.1 Å². The first-order chi connectivity index (χ1) is 15.5. The molecule has 0 radical (unpaired) electrons. The SMILES string of the molecule is CCC(C)C(NC(=O)C(N)CCC(N)=O)C(=O)NC(C)C(=O)NC(Cc1cnc[nH]1)C(=O)O. The van der Waals surface area contributed by atoms with Crippen molar-refractivity contribution >= 4 is 29.6 Å². The zero-order valence-electron chi connectivity index (χ0n) is 19.0. The molecule has 0 aliphatic carbocycles. The monoisotopic (exact) mass is 467 g/mol. The number of carbonyl (C=O) groups is 5. The second-order valence-electron chi connectivity index (χ2n) is 7.89. The second kappa shape index (κ2) is 13.2. The number of aliphatic carboxylic acids is 1. The summed E-state index contributed by atoms with van der Waals surface area (Å²) in [6, 6.07) is -4.33. The van der Waals surface area contributed by atoms with Crippen molar-refractivity contribution in [1.82, 2.24) is 25.9 Å². The number of hydrogen-bond donors (Lipinski definition) is 7. The fourth-order valence-corrected chi connectivity index (χ4v) is 2.87. The Morgan fingerprint density at radius 1 is 1.09 bits per heavy atom. The molecule has 0 bridgehead atoms. The van der Waals surface area contributed by atoms with Crippen molar-refractivity contribution in [3.63, 3.8) is 0 Å². The lowest BCUT2D eigenvalue weighted by Crippen LogP contribution is -2.58. The van der Waals surface area contributed by atoms with Gasteiger partial charge in [0.05, 0.1) is 12.4 Å². The van der Waals surface area contributed by atoms with E-state index in [4.69, 9.17) is 11.5 Å². The Morgan fingerprint density at radius 2 is 1.76 bits per heavy atom. The Morgan fingerprint density at radius 3 is 2.27 bits per heavy atom. The molecule has 5 atom stereocenters. The molecule has 33 heavy (non-hydrogen) atoms. The number of amides is 4. The molecular formula is C20H33N7O6. The van der Waals surface area contributed by atoms with E-state index in [1.165, 1.54) is 19.4 Å². The van der Waals surface area contributed by atoms with Crippen LogP contribution in [0, 0.1) is 5.92 Å². The number of imidazole rings is 1. The van der Waals surface area contributed by atoms with E-state index in [1.807, 2.05) is 6.92 Å². The molecule has 184 valence electrons. The number of aromatic nitrogens is 2. The number of nitrogens with one attached hydrogen (secondary N) is 4. The lowest BCUT2D eigenvalue weighted by molar-refractivity contribution is -0.142. The van der Waals surface area contributed by atoms with Crippen molar-refractivity contribution in [3.8, 4) is 0 Å². The zero-order chi connectivity index (χ0) is 25.1. The largest absolute Gasteiger partial charge is 0.480 e. The van der Waals surface area contributed by atoms with Gasteiger partial charge in [-0.25, -0.2) is 9.78 Å². The highest BCUT2D eigenvalue weighted by molar-refractivity contribution is 5.94. The summed E-state index contributed by atoms with van der Waals surface area (Å²) in [5.41, 5.74) is 11.3. The molecule has 4 amide bonds. The quantitative estimate of drug-likeness (QED) is 0.164. The average Bonchev–Trinajstić information content (AvgIpc) is 3.27. The van der Waals surface area contributed by atoms with Crippen LogP contribution in [-0.4, -0.2) is 68.8 Å². The van der Waals surface area contributed by atoms with Crippen LogP contribution < -0.4 is 27.4 Å². The molecule has 0 aliphatic heterocycles. The van der Waals surface area contributed by atoms with Gasteiger partial charge in [-0.15, -0.1) is 0 Å². The molecular weight excluding hydrogens is 434 g/mol. The van der Waals surface area contributed by atoms with E-state index in [1.54, 1.807) is 6.92 Å². The van der Waals surface area contributed by atoms with Crippen LogP contribution in [0.4, 0.5) is 0 Å². The molecule has 1 aromatic rings. The van der Waals surface area contributed by atoms with Crippen LogP contribution in [0.5, 0.6) is 0 Å². The van der Waals surface area contributed by atoms with E-state index in [2.05, 4.69) is 25.9 Å². The van der Waals surface area contributed by atoms with Gasteiger partial charge in [0.25, 0.3) is 0 Å². The Balaban J connectivity index is 2.76. The molecule has 0 fully saturated rings. The number of primary amides is 1. The topological polar surface area (TPSA) is 222 Å². The molecule has 1 aromatic heterocycles. The highest BCUT2D eigenvalue weighted by Crippen LogP contribution is 2.09. The van der Waals surface area contributed by atoms with Crippen molar-refractivity contribution in [2.75, 3.05) is 0 Å². The zero-order valence-corrected chi connectivity index (χ0v) is 19.0. The third kappa shape index (κ3) is 9.27. The van der Waals surface area contributed by atoms with Crippen molar-refractivity contribution < 1.29 is 29.1 Å². The third-order valence-corrected chi connectivity index (χ3v) is 5.18. The van der Waals surface area contributed by atoms with Gasteiger partial charge in [0, 0.05) is 24.7 Å². The van der Waals surface area contributed by atoms with Crippen LogP contribution in [0.1, 0.15) is 45.7 Å². The Kier molecular flexibility index (Phi) is 11.0. The number of nitrogens with zero attached hydrogens (tertiary/aromatic N) is 1. The fourth-order valence-electron chi connectivity index (χ4n) is 2.87. The molecule has 13 nitrogen and oxygen atoms in total. The predicted molar refractivity (Wildman–Crippen MR) is 117 cm³/mol. The number of H-pyrrole nitrogens is 1. The number of carboxylic acids is 1. The molecule has 0 spiro atoms. The molecule has 1 heterocycles. The maximum absolute atomic E-state index is 12.8. The van der Waals surface area contributed by atoms with Gasteiger partial charge in [-0.05, 0) is 19.3 Å². The first-order valence-corrected chi connectivity index (χ1v) is 10.6. The lowest BCUT2D eigenvalue weighted by Gasteiger charge is -2.26. The molecule has 5 unspecified atom stereocenters. The highest BCUT2D eigenvalue weighted by atomic mass is 16.4. The summed E-state index contributed by atoms with van der Waals surface area (Å²) in [5, 5.41) is 16.8. The summed E-state index contributed by atoms with van der Waals surface area (Å²) in [4.78, 5) is 66.6. The standard InChI is InChI=1S/C20H33N7O6/c1-4-10(2)16(27-18(30)13(21)5-6-15(22)28)19(31)25-11(3)17(29)26-14(20(32)33)7-12-8-23-9-24-12/h8-11,13-14,16H,4-7,21H2,1-3H3,(H2,22,28)(H,23,24)(H,25,31)(H,26,29)(H,27,30)(H,32,33).